The molecule has 0 radical (unpaired) electrons. The highest BCUT2D eigenvalue weighted by atomic mass is 19.1. The van der Waals surface area contributed by atoms with Crippen LogP contribution in [0.15, 0.2) is 41.4 Å². The van der Waals surface area contributed by atoms with Crippen molar-refractivity contribution in [2.75, 3.05) is 7.05 Å². The molecule has 2 aromatic rings. The zero-order chi connectivity index (χ0) is 23.4. The third-order valence-electron chi connectivity index (χ3n) is 7.40. The van der Waals surface area contributed by atoms with Gasteiger partial charge in [-0.25, -0.2) is 14.2 Å². The molecule has 0 fully saturated rings. The molecule has 0 bridgehead atoms. The van der Waals surface area contributed by atoms with Crippen LogP contribution in [-0.4, -0.2) is 34.9 Å². The molecule has 1 amide bonds. The Bertz CT molecular complexity index is 1160. The maximum absolute atomic E-state index is 15.1. The Morgan fingerprint density at radius 2 is 2.00 bits per heavy atom. The average Bonchev–Trinajstić information content (AvgIpc) is 3.15. The van der Waals surface area contributed by atoms with Crippen LogP contribution in [0.2, 0.25) is 0 Å². The van der Waals surface area contributed by atoms with Crippen molar-refractivity contribution in [3.05, 3.63) is 70.0 Å². The van der Waals surface area contributed by atoms with E-state index in [0.717, 1.165) is 23.1 Å². The number of aromatic carboxylic acids is 1. The lowest BCUT2D eigenvalue weighted by atomic mass is 9.67. The van der Waals surface area contributed by atoms with Crippen LogP contribution in [0.25, 0.3) is 0 Å². The van der Waals surface area contributed by atoms with Crippen LogP contribution in [0.5, 0.6) is 0 Å². The lowest BCUT2D eigenvalue weighted by Gasteiger charge is -2.46. The summed E-state index contributed by atoms with van der Waals surface area (Å²) in [5.74, 6) is -1.35. The summed E-state index contributed by atoms with van der Waals surface area (Å²) in [6.45, 7) is 5.26. The molecule has 1 heterocycles. The highest BCUT2D eigenvalue weighted by Gasteiger charge is 2.53. The Hall–Kier alpha value is -3.22. The van der Waals surface area contributed by atoms with Crippen molar-refractivity contribution in [1.82, 2.24) is 4.90 Å². The number of benzene rings is 2. The summed E-state index contributed by atoms with van der Waals surface area (Å²) in [5, 5.41) is 9.48. The molecule has 0 aromatic heterocycles. The third kappa shape index (κ3) is 3.18. The van der Waals surface area contributed by atoms with Gasteiger partial charge in [-0.1, -0.05) is 24.3 Å². The van der Waals surface area contributed by atoms with E-state index in [1.165, 1.54) is 11.0 Å². The van der Waals surface area contributed by atoms with Gasteiger partial charge in [0.1, 0.15) is 11.4 Å². The van der Waals surface area contributed by atoms with Crippen LogP contribution in [0.4, 0.5) is 4.39 Å². The second-order valence-electron chi connectivity index (χ2n) is 9.46. The van der Waals surface area contributed by atoms with Crippen LogP contribution in [0.1, 0.15) is 65.7 Å². The minimum Gasteiger partial charge on any atom is -0.478 e. The van der Waals surface area contributed by atoms with E-state index in [0.29, 0.717) is 24.0 Å². The second kappa shape index (κ2) is 7.43. The van der Waals surface area contributed by atoms with Crippen molar-refractivity contribution in [3.8, 4) is 0 Å². The summed E-state index contributed by atoms with van der Waals surface area (Å²) in [6, 6.07) is 10.4. The summed E-state index contributed by atoms with van der Waals surface area (Å²) >= 11 is 0. The van der Waals surface area contributed by atoms with Gasteiger partial charge in [-0.15, -0.1) is 0 Å². The van der Waals surface area contributed by atoms with Crippen molar-refractivity contribution in [2.45, 2.75) is 51.5 Å². The molecule has 6 nitrogen and oxygen atoms in total. The Balaban J connectivity index is 1.73. The molecule has 2 atom stereocenters. The minimum atomic E-state index is -1.16. The predicted octanol–water partition coefficient (Wildman–Crippen LogP) is 3.82. The van der Waals surface area contributed by atoms with E-state index in [2.05, 4.69) is 4.99 Å². The molecule has 4 rings (SSSR count). The van der Waals surface area contributed by atoms with Gasteiger partial charge in [0.25, 0.3) is 0 Å². The first-order valence-electron chi connectivity index (χ1n) is 10.7. The molecule has 1 aliphatic heterocycles. The first-order chi connectivity index (χ1) is 15.0. The third-order valence-corrected chi connectivity index (χ3v) is 7.40. The number of hydrogen-bond acceptors (Lipinski definition) is 4. The second-order valence-corrected chi connectivity index (χ2v) is 9.46. The van der Waals surface area contributed by atoms with Gasteiger partial charge < -0.3 is 10.8 Å². The van der Waals surface area contributed by atoms with Crippen molar-refractivity contribution >= 4 is 17.8 Å². The number of aliphatic imine (C=N–C) groups is 1. The fourth-order valence-corrected chi connectivity index (χ4v) is 5.08. The molecule has 1 aliphatic carbocycles. The van der Waals surface area contributed by atoms with Crippen LogP contribution in [0.3, 0.4) is 0 Å². The molecular weight excluding hydrogens is 409 g/mol. The lowest BCUT2D eigenvalue weighted by Crippen LogP contribution is -2.58. The topological polar surface area (TPSA) is 96.0 Å². The van der Waals surface area contributed by atoms with Gasteiger partial charge in [-0.2, -0.15) is 0 Å². The number of hydrogen-bond donors (Lipinski definition) is 2. The predicted molar refractivity (Wildman–Crippen MR) is 120 cm³/mol. The van der Waals surface area contributed by atoms with Crippen LogP contribution < -0.4 is 5.73 Å². The molecule has 7 heteroatoms. The van der Waals surface area contributed by atoms with Crippen molar-refractivity contribution in [3.63, 3.8) is 0 Å². The number of rotatable bonds is 4. The van der Waals surface area contributed by atoms with Gasteiger partial charge in [-0.05, 0) is 74.8 Å². The number of nitrogens with two attached hydrogens (primary N) is 1. The van der Waals surface area contributed by atoms with E-state index in [9.17, 15) is 14.7 Å². The summed E-state index contributed by atoms with van der Waals surface area (Å²) in [5.41, 5.74) is 7.37. The number of carboxylic acids is 1. The van der Waals surface area contributed by atoms with Crippen molar-refractivity contribution < 1.29 is 19.1 Å². The van der Waals surface area contributed by atoms with Crippen LogP contribution in [0, 0.1) is 11.2 Å². The molecule has 32 heavy (non-hydrogen) atoms. The number of carbonyl (C=O) groups excluding carboxylic acids is 1. The number of fused-ring (bicyclic) bond motifs is 1. The molecular formula is C25H28FN3O3. The average molecular weight is 438 g/mol. The zero-order valence-corrected chi connectivity index (χ0v) is 18.8. The van der Waals surface area contributed by atoms with Gasteiger partial charge in [0.2, 0.25) is 5.91 Å². The summed E-state index contributed by atoms with van der Waals surface area (Å²) < 4.78 is 15.1. The number of carbonyl (C=O) groups is 2. The lowest BCUT2D eigenvalue weighted by molar-refractivity contribution is -0.140. The number of nitrogens with zero attached hydrogens (tertiary/aromatic N) is 2. The highest BCUT2D eigenvalue weighted by molar-refractivity contribution is 6.01. The Morgan fingerprint density at radius 1 is 1.28 bits per heavy atom. The Labute approximate surface area is 186 Å². The van der Waals surface area contributed by atoms with Crippen LogP contribution in [-0.2, 0) is 23.2 Å². The number of carboxylic acid groups (broad SMARTS) is 1. The van der Waals surface area contributed by atoms with Gasteiger partial charge in [0, 0.05) is 12.6 Å². The smallest absolute Gasteiger partial charge is 0.335 e. The van der Waals surface area contributed by atoms with Crippen LogP contribution >= 0.6 is 0 Å². The molecule has 2 aromatic carbocycles. The zero-order valence-electron chi connectivity index (χ0n) is 18.8. The first-order valence-corrected chi connectivity index (χ1v) is 10.7. The largest absolute Gasteiger partial charge is 0.478 e. The number of halogens is 1. The van der Waals surface area contributed by atoms with E-state index < -0.39 is 22.7 Å². The summed E-state index contributed by atoms with van der Waals surface area (Å²) in [4.78, 5) is 30.4. The highest BCUT2D eigenvalue weighted by Crippen LogP contribution is 2.47. The number of amides is 1. The summed E-state index contributed by atoms with van der Waals surface area (Å²) in [6.07, 6.45) is 2.19. The van der Waals surface area contributed by atoms with Gasteiger partial charge in [-0.3, -0.25) is 9.69 Å². The fraction of sp³-hybridized carbons (Fsp3) is 0.400. The number of guanidine groups is 1. The van der Waals surface area contributed by atoms with E-state index in [-0.39, 0.29) is 17.8 Å². The standard InChI is InChI=1S/C25H28FN3O3/c1-24(2)22(32)29(4)23(27)28-25(24,3)19-13-14(8-11-20(19)26)12-15-9-10-17-16(15)6-5-7-18(17)21(30)31/h5-8,11,13,15H,9-10,12H2,1-4H3,(H2,27,28)(H,30,31)/t15?,25-/m1/s1. The maximum atomic E-state index is 15.1. The van der Waals surface area contributed by atoms with Gasteiger partial charge >= 0.3 is 5.97 Å². The maximum Gasteiger partial charge on any atom is 0.335 e. The Kier molecular flexibility index (Phi) is 5.11. The first kappa shape index (κ1) is 22.0. The SMILES string of the molecule is CN1C(=O)C(C)(C)[C@@](C)(c2cc(CC3CCc4c(C(=O)O)cccc43)ccc2F)N=C1N. The summed E-state index contributed by atoms with van der Waals surface area (Å²) in [7, 11) is 1.57. The Morgan fingerprint density at radius 3 is 2.69 bits per heavy atom. The van der Waals surface area contributed by atoms with E-state index in [1.807, 2.05) is 6.07 Å². The molecule has 0 saturated heterocycles. The monoisotopic (exact) mass is 437 g/mol. The quantitative estimate of drug-likeness (QED) is 0.760. The minimum absolute atomic E-state index is 0.0625. The fourth-order valence-electron chi connectivity index (χ4n) is 5.08. The van der Waals surface area contributed by atoms with Crippen molar-refractivity contribution in [1.29, 1.82) is 0 Å². The van der Waals surface area contributed by atoms with Gasteiger partial charge in [0.15, 0.2) is 5.96 Å². The molecule has 0 spiro atoms. The van der Waals surface area contributed by atoms with Crippen molar-refractivity contribution in [2.24, 2.45) is 16.1 Å². The molecule has 1 unspecified atom stereocenters. The van der Waals surface area contributed by atoms with Gasteiger partial charge in [0.05, 0.1) is 11.0 Å². The van der Waals surface area contributed by atoms with E-state index >= 15 is 4.39 Å². The van der Waals surface area contributed by atoms with E-state index in [4.69, 9.17) is 5.73 Å². The molecule has 168 valence electrons. The van der Waals surface area contributed by atoms with E-state index in [1.54, 1.807) is 52.1 Å². The molecule has 2 aliphatic rings. The normalized spacial score (nSPS) is 24.3. The molecule has 0 saturated carbocycles. The molecule has 3 N–H and O–H groups in total.